The molecule has 0 saturated carbocycles. The molecule has 2 rings (SSSR count). The number of nitrogens with zero attached hydrogens (tertiary/aromatic N) is 2. The quantitative estimate of drug-likeness (QED) is 0.508. The molecule has 0 unspecified atom stereocenters. The molecule has 0 aliphatic heterocycles. The molecule has 0 aliphatic carbocycles. The molecule has 1 aromatic heterocycles. The number of oxime groups is 1. The summed E-state index contributed by atoms with van der Waals surface area (Å²) in [7, 11) is 1.63. The SMILES string of the molecule is COc1ccc(COc2ccc(/C=N/O)nc2)cc1. The van der Waals surface area contributed by atoms with Crippen LogP contribution in [0.3, 0.4) is 0 Å². The van der Waals surface area contributed by atoms with E-state index in [1.807, 2.05) is 24.3 Å². The fourth-order valence-corrected chi connectivity index (χ4v) is 1.50. The van der Waals surface area contributed by atoms with Gasteiger partial charge in [-0.05, 0) is 29.8 Å². The Kier molecular flexibility index (Phi) is 4.34. The van der Waals surface area contributed by atoms with Crippen molar-refractivity contribution < 1.29 is 14.7 Å². The zero-order valence-corrected chi connectivity index (χ0v) is 10.5. The Labute approximate surface area is 111 Å². The van der Waals surface area contributed by atoms with E-state index in [1.54, 1.807) is 25.4 Å². The van der Waals surface area contributed by atoms with E-state index in [0.717, 1.165) is 11.3 Å². The Bertz CT molecular complexity index is 536. The maximum Gasteiger partial charge on any atom is 0.138 e. The van der Waals surface area contributed by atoms with Crippen molar-refractivity contribution >= 4 is 6.21 Å². The van der Waals surface area contributed by atoms with Crippen LogP contribution < -0.4 is 9.47 Å². The molecule has 1 heterocycles. The van der Waals surface area contributed by atoms with Crippen LogP contribution >= 0.6 is 0 Å². The lowest BCUT2D eigenvalue weighted by molar-refractivity contribution is 0.304. The van der Waals surface area contributed by atoms with Crippen LogP contribution in [-0.4, -0.2) is 23.5 Å². The first-order valence-electron chi connectivity index (χ1n) is 5.71. The molecule has 5 heteroatoms. The lowest BCUT2D eigenvalue weighted by atomic mass is 10.2. The molecule has 0 atom stereocenters. The monoisotopic (exact) mass is 258 g/mol. The highest BCUT2D eigenvalue weighted by Crippen LogP contribution is 2.14. The number of pyridine rings is 1. The Morgan fingerprint density at radius 2 is 1.89 bits per heavy atom. The van der Waals surface area contributed by atoms with Gasteiger partial charge in [-0.3, -0.25) is 4.98 Å². The van der Waals surface area contributed by atoms with Crippen molar-refractivity contribution in [3.63, 3.8) is 0 Å². The minimum absolute atomic E-state index is 0.457. The van der Waals surface area contributed by atoms with E-state index < -0.39 is 0 Å². The van der Waals surface area contributed by atoms with Gasteiger partial charge < -0.3 is 14.7 Å². The van der Waals surface area contributed by atoms with Crippen LogP contribution in [0, 0.1) is 0 Å². The van der Waals surface area contributed by atoms with Crippen molar-refractivity contribution in [2.45, 2.75) is 6.61 Å². The molecular formula is C14H14N2O3. The van der Waals surface area contributed by atoms with Crippen molar-refractivity contribution in [2.24, 2.45) is 5.16 Å². The molecular weight excluding hydrogens is 244 g/mol. The molecule has 0 amide bonds. The number of rotatable bonds is 5. The molecule has 1 aromatic carbocycles. The van der Waals surface area contributed by atoms with Gasteiger partial charge in [0.1, 0.15) is 18.1 Å². The lowest BCUT2D eigenvalue weighted by Gasteiger charge is -2.06. The van der Waals surface area contributed by atoms with Crippen molar-refractivity contribution in [2.75, 3.05) is 7.11 Å². The third kappa shape index (κ3) is 3.70. The largest absolute Gasteiger partial charge is 0.497 e. The summed E-state index contributed by atoms with van der Waals surface area (Å²) >= 11 is 0. The lowest BCUT2D eigenvalue weighted by Crippen LogP contribution is -1.96. The second-order valence-corrected chi connectivity index (χ2v) is 3.80. The summed E-state index contributed by atoms with van der Waals surface area (Å²) in [6.45, 7) is 0.457. The van der Waals surface area contributed by atoms with Gasteiger partial charge in [-0.2, -0.15) is 0 Å². The van der Waals surface area contributed by atoms with Crippen LogP contribution in [-0.2, 0) is 6.61 Å². The van der Waals surface area contributed by atoms with Gasteiger partial charge in [-0.15, -0.1) is 0 Å². The highest BCUT2D eigenvalue weighted by molar-refractivity contribution is 5.76. The molecule has 98 valence electrons. The number of benzene rings is 1. The first-order valence-corrected chi connectivity index (χ1v) is 5.71. The van der Waals surface area contributed by atoms with E-state index in [2.05, 4.69) is 10.1 Å². The number of hydrogen-bond acceptors (Lipinski definition) is 5. The summed E-state index contributed by atoms with van der Waals surface area (Å²) in [6, 6.07) is 11.1. The minimum atomic E-state index is 0.457. The van der Waals surface area contributed by atoms with Crippen LogP contribution in [0.4, 0.5) is 0 Å². The first kappa shape index (κ1) is 12.9. The second kappa shape index (κ2) is 6.39. The summed E-state index contributed by atoms with van der Waals surface area (Å²) in [5, 5.41) is 11.3. The number of methoxy groups -OCH3 is 1. The fourth-order valence-electron chi connectivity index (χ4n) is 1.50. The van der Waals surface area contributed by atoms with Crippen LogP contribution in [0.5, 0.6) is 11.5 Å². The summed E-state index contributed by atoms with van der Waals surface area (Å²) < 4.78 is 10.7. The molecule has 0 fully saturated rings. The van der Waals surface area contributed by atoms with E-state index in [4.69, 9.17) is 14.7 Å². The molecule has 0 aliphatic rings. The number of ether oxygens (including phenoxy) is 2. The highest BCUT2D eigenvalue weighted by atomic mass is 16.5. The van der Waals surface area contributed by atoms with Gasteiger partial charge in [-0.25, -0.2) is 0 Å². The Morgan fingerprint density at radius 1 is 1.16 bits per heavy atom. The third-order valence-electron chi connectivity index (χ3n) is 2.51. The molecule has 0 saturated heterocycles. The summed E-state index contributed by atoms with van der Waals surface area (Å²) in [4.78, 5) is 4.05. The second-order valence-electron chi connectivity index (χ2n) is 3.80. The van der Waals surface area contributed by atoms with Gasteiger partial charge in [0, 0.05) is 0 Å². The topological polar surface area (TPSA) is 63.9 Å². The average molecular weight is 258 g/mol. The normalized spacial score (nSPS) is 10.6. The van der Waals surface area contributed by atoms with Gasteiger partial charge in [0.25, 0.3) is 0 Å². The van der Waals surface area contributed by atoms with Crippen molar-refractivity contribution in [1.82, 2.24) is 4.98 Å². The highest BCUT2D eigenvalue weighted by Gasteiger charge is 1.98. The minimum Gasteiger partial charge on any atom is -0.497 e. The fraction of sp³-hybridized carbons (Fsp3) is 0.143. The van der Waals surface area contributed by atoms with Crippen molar-refractivity contribution in [1.29, 1.82) is 0 Å². The van der Waals surface area contributed by atoms with Gasteiger partial charge in [-0.1, -0.05) is 17.3 Å². The Hall–Kier alpha value is -2.56. The van der Waals surface area contributed by atoms with Gasteiger partial charge >= 0.3 is 0 Å². The Morgan fingerprint density at radius 3 is 2.47 bits per heavy atom. The summed E-state index contributed by atoms with van der Waals surface area (Å²) in [5.41, 5.74) is 1.61. The molecule has 0 radical (unpaired) electrons. The predicted molar refractivity (Wildman–Crippen MR) is 70.9 cm³/mol. The Balaban J connectivity index is 1.93. The molecule has 19 heavy (non-hydrogen) atoms. The van der Waals surface area contributed by atoms with Crippen LogP contribution in [0.2, 0.25) is 0 Å². The molecule has 0 bridgehead atoms. The predicted octanol–water partition coefficient (Wildman–Crippen LogP) is 2.48. The van der Waals surface area contributed by atoms with Gasteiger partial charge in [0.05, 0.1) is 25.2 Å². The average Bonchev–Trinajstić information content (AvgIpc) is 2.47. The van der Waals surface area contributed by atoms with E-state index in [0.29, 0.717) is 18.1 Å². The van der Waals surface area contributed by atoms with Crippen LogP contribution in [0.1, 0.15) is 11.3 Å². The van der Waals surface area contributed by atoms with Crippen LogP contribution in [0.25, 0.3) is 0 Å². The number of aromatic nitrogens is 1. The van der Waals surface area contributed by atoms with Gasteiger partial charge in [0.15, 0.2) is 0 Å². The van der Waals surface area contributed by atoms with Gasteiger partial charge in [0.2, 0.25) is 0 Å². The molecule has 1 N–H and O–H groups in total. The van der Waals surface area contributed by atoms with E-state index >= 15 is 0 Å². The maximum atomic E-state index is 8.37. The van der Waals surface area contributed by atoms with Crippen LogP contribution in [0.15, 0.2) is 47.8 Å². The van der Waals surface area contributed by atoms with Crippen molar-refractivity contribution in [3.05, 3.63) is 53.9 Å². The van der Waals surface area contributed by atoms with E-state index in [1.165, 1.54) is 6.21 Å². The van der Waals surface area contributed by atoms with E-state index in [9.17, 15) is 0 Å². The maximum absolute atomic E-state index is 8.37. The smallest absolute Gasteiger partial charge is 0.138 e. The first-order chi connectivity index (χ1) is 9.31. The van der Waals surface area contributed by atoms with Crippen molar-refractivity contribution in [3.8, 4) is 11.5 Å². The summed E-state index contributed by atoms with van der Waals surface area (Å²) in [6.07, 6.45) is 2.84. The zero-order valence-electron chi connectivity index (χ0n) is 10.5. The summed E-state index contributed by atoms with van der Waals surface area (Å²) in [5.74, 6) is 1.48. The standard InChI is InChI=1S/C14H14N2O3/c1-18-13-5-2-11(3-6-13)10-19-14-7-4-12(8-16-17)15-9-14/h2-9,17H,10H2,1H3/b16-8+. The number of hydrogen-bond donors (Lipinski definition) is 1. The molecule has 5 nitrogen and oxygen atoms in total. The third-order valence-corrected chi connectivity index (χ3v) is 2.51. The zero-order chi connectivity index (χ0) is 13.5. The molecule has 0 spiro atoms. The van der Waals surface area contributed by atoms with E-state index in [-0.39, 0.29) is 0 Å². The molecule has 2 aromatic rings.